The molecule has 2 aromatic carbocycles. The van der Waals surface area contributed by atoms with E-state index < -0.39 is 11.9 Å². The van der Waals surface area contributed by atoms with Crippen molar-refractivity contribution in [2.45, 2.75) is 6.10 Å². The van der Waals surface area contributed by atoms with E-state index in [-0.39, 0.29) is 5.56 Å². The first-order valence-corrected chi connectivity index (χ1v) is 6.14. The Kier molecular flexibility index (Phi) is 3.82. The second kappa shape index (κ2) is 5.17. The lowest BCUT2D eigenvalue weighted by Crippen LogP contribution is -2.03. The maximum atomic E-state index is 13.5. The zero-order valence-electron chi connectivity index (χ0n) is 8.70. The number of benzene rings is 2. The zero-order chi connectivity index (χ0) is 12.4. The minimum absolute atomic E-state index is 0.215. The summed E-state index contributed by atoms with van der Waals surface area (Å²) in [6.45, 7) is 0. The Hall–Kier alpha value is -0.900. The molecular formula is C13H9BrClFO. The molecule has 0 fully saturated rings. The van der Waals surface area contributed by atoms with E-state index in [9.17, 15) is 9.50 Å². The fourth-order valence-electron chi connectivity index (χ4n) is 1.60. The SMILES string of the molecule is OC(c1ccccc1F)c1cccc(Br)c1Cl. The molecule has 4 heteroatoms. The first-order valence-electron chi connectivity index (χ1n) is 4.97. The largest absolute Gasteiger partial charge is 0.383 e. The number of hydrogen-bond acceptors (Lipinski definition) is 1. The lowest BCUT2D eigenvalue weighted by Gasteiger charge is -2.14. The van der Waals surface area contributed by atoms with Crippen molar-refractivity contribution in [3.63, 3.8) is 0 Å². The van der Waals surface area contributed by atoms with Crippen LogP contribution >= 0.6 is 27.5 Å². The maximum absolute atomic E-state index is 13.5. The molecule has 0 heterocycles. The van der Waals surface area contributed by atoms with Crippen LogP contribution in [0.1, 0.15) is 17.2 Å². The van der Waals surface area contributed by atoms with Crippen molar-refractivity contribution >= 4 is 27.5 Å². The van der Waals surface area contributed by atoms with Crippen molar-refractivity contribution in [1.29, 1.82) is 0 Å². The van der Waals surface area contributed by atoms with E-state index in [1.807, 2.05) is 0 Å². The Balaban J connectivity index is 2.48. The quantitative estimate of drug-likeness (QED) is 0.875. The topological polar surface area (TPSA) is 20.2 Å². The molecule has 1 nitrogen and oxygen atoms in total. The molecular weight excluding hydrogens is 306 g/mol. The van der Waals surface area contributed by atoms with Gasteiger partial charge >= 0.3 is 0 Å². The van der Waals surface area contributed by atoms with Gasteiger partial charge in [-0.2, -0.15) is 0 Å². The molecule has 0 saturated carbocycles. The molecule has 0 amide bonds. The highest BCUT2D eigenvalue weighted by Gasteiger charge is 2.18. The van der Waals surface area contributed by atoms with Gasteiger partial charge in [-0.05, 0) is 28.1 Å². The van der Waals surface area contributed by atoms with Crippen molar-refractivity contribution in [2.24, 2.45) is 0 Å². The summed E-state index contributed by atoms with van der Waals surface area (Å²) in [6, 6.07) is 11.3. The molecule has 2 aromatic rings. The summed E-state index contributed by atoms with van der Waals surface area (Å²) in [4.78, 5) is 0. The highest BCUT2D eigenvalue weighted by atomic mass is 79.9. The number of hydrogen-bond donors (Lipinski definition) is 1. The van der Waals surface area contributed by atoms with E-state index in [4.69, 9.17) is 11.6 Å². The Labute approximate surface area is 112 Å². The molecule has 0 aliphatic carbocycles. The molecule has 0 aliphatic heterocycles. The lowest BCUT2D eigenvalue weighted by molar-refractivity contribution is 0.215. The van der Waals surface area contributed by atoms with E-state index in [1.165, 1.54) is 12.1 Å². The van der Waals surface area contributed by atoms with Gasteiger partial charge in [0.2, 0.25) is 0 Å². The number of aliphatic hydroxyl groups excluding tert-OH is 1. The van der Waals surface area contributed by atoms with Gasteiger partial charge in [0, 0.05) is 15.6 Å². The van der Waals surface area contributed by atoms with Crippen molar-refractivity contribution in [2.75, 3.05) is 0 Å². The molecule has 0 spiro atoms. The van der Waals surface area contributed by atoms with Crippen LogP contribution in [-0.2, 0) is 0 Å². The van der Waals surface area contributed by atoms with E-state index in [1.54, 1.807) is 30.3 Å². The minimum Gasteiger partial charge on any atom is -0.383 e. The van der Waals surface area contributed by atoms with Crippen molar-refractivity contribution < 1.29 is 9.50 Å². The predicted molar refractivity (Wildman–Crippen MR) is 69.6 cm³/mol. The molecule has 0 bridgehead atoms. The lowest BCUT2D eigenvalue weighted by atomic mass is 10.0. The van der Waals surface area contributed by atoms with E-state index in [0.29, 0.717) is 15.1 Å². The zero-order valence-corrected chi connectivity index (χ0v) is 11.0. The first kappa shape index (κ1) is 12.6. The summed E-state index contributed by atoms with van der Waals surface area (Å²) >= 11 is 9.33. The van der Waals surface area contributed by atoms with Crippen LogP contribution in [0.5, 0.6) is 0 Å². The number of rotatable bonds is 2. The summed E-state index contributed by atoms with van der Waals surface area (Å²) in [5.74, 6) is -0.448. The molecule has 0 radical (unpaired) electrons. The Morgan fingerprint density at radius 1 is 1.06 bits per heavy atom. The smallest absolute Gasteiger partial charge is 0.129 e. The van der Waals surface area contributed by atoms with Crippen LogP contribution in [-0.4, -0.2) is 5.11 Å². The van der Waals surface area contributed by atoms with Crippen LogP contribution < -0.4 is 0 Å². The number of aliphatic hydroxyl groups is 1. The Morgan fingerprint density at radius 3 is 2.41 bits per heavy atom. The van der Waals surface area contributed by atoms with Gasteiger partial charge in [0.1, 0.15) is 11.9 Å². The van der Waals surface area contributed by atoms with Gasteiger partial charge < -0.3 is 5.11 Å². The third-order valence-electron chi connectivity index (χ3n) is 2.48. The molecule has 1 atom stereocenters. The van der Waals surface area contributed by atoms with E-state index in [0.717, 1.165) is 0 Å². The molecule has 1 unspecified atom stereocenters. The van der Waals surface area contributed by atoms with Crippen LogP contribution in [0, 0.1) is 5.82 Å². The van der Waals surface area contributed by atoms with Gasteiger partial charge in [-0.25, -0.2) is 4.39 Å². The van der Waals surface area contributed by atoms with Gasteiger partial charge in [-0.15, -0.1) is 0 Å². The van der Waals surface area contributed by atoms with Crippen molar-refractivity contribution in [3.8, 4) is 0 Å². The molecule has 88 valence electrons. The summed E-state index contributed by atoms with van der Waals surface area (Å²) in [5, 5.41) is 10.5. The number of halogens is 3. The van der Waals surface area contributed by atoms with E-state index in [2.05, 4.69) is 15.9 Å². The van der Waals surface area contributed by atoms with Gasteiger partial charge in [-0.3, -0.25) is 0 Å². The molecule has 0 aromatic heterocycles. The fraction of sp³-hybridized carbons (Fsp3) is 0.0769. The molecule has 0 saturated heterocycles. The Morgan fingerprint density at radius 2 is 1.71 bits per heavy atom. The molecule has 17 heavy (non-hydrogen) atoms. The minimum atomic E-state index is -1.07. The molecule has 0 aliphatic rings. The van der Waals surface area contributed by atoms with Gasteiger partial charge in [0.15, 0.2) is 0 Å². The first-order chi connectivity index (χ1) is 8.11. The van der Waals surface area contributed by atoms with Crippen LogP contribution in [0.25, 0.3) is 0 Å². The van der Waals surface area contributed by atoms with E-state index >= 15 is 0 Å². The van der Waals surface area contributed by atoms with Crippen LogP contribution in [0.4, 0.5) is 4.39 Å². The van der Waals surface area contributed by atoms with Gasteiger partial charge in [-0.1, -0.05) is 41.9 Å². The van der Waals surface area contributed by atoms with Crippen molar-refractivity contribution in [3.05, 3.63) is 68.9 Å². The van der Waals surface area contributed by atoms with Crippen LogP contribution in [0.3, 0.4) is 0 Å². The average molecular weight is 316 g/mol. The summed E-state index contributed by atoms with van der Waals surface area (Å²) in [5.41, 5.74) is 0.693. The van der Waals surface area contributed by atoms with Crippen LogP contribution in [0.15, 0.2) is 46.9 Å². The predicted octanol–water partition coefficient (Wildman–Crippen LogP) is 4.32. The maximum Gasteiger partial charge on any atom is 0.129 e. The average Bonchev–Trinajstić information content (AvgIpc) is 2.32. The van der Waals surface area contributed by atoms with Gasteiger partial charge in [0.05, 0.1) is 5.02 Å². The highest BCUT2D eigenvalue weighted by molar-refractivity contribution is 9.10. The Bertz CT molecular complexity index is 545. The highest BCUT2D eigenvalue weighted by Crippen LogP contribution is 2.33. The summed E-state index contributed by atoms with van der Waals surface area (Å²) < 4.78 is 14.2. The summed E-state index contributed by atoms with van der Waals surface area (Å²) in [6.07, 6.45) is -1.07. The molecule has 2 rings (SSSR count). The molecule has 1 N–H and O–H groups in total. The summed E-state index contributed by atoms with van der Waals surface area (Å²) in [7, 11) is 0. The van der Waals surface area contributed by atoms with Gasteiger partial charge in [0.25, 0.3) is 0 Å². The third kappa shape index (κ3) is 2.51. The van der Waals surface area contributed by atoms with Crippen LogP contribution in [0.2, 0.25) is 5.02 Å². The second-order valence-electron chi connectivity index (χ2n) is 3.57. The fourth-order valence-corrected chi connectivity index (χ4v) is 2.21. The normalized spacial score (nSPS) is 12.5. The standard InChI is InChI=1S/C13H9BrClFO/c14-10-6-3-5-9(12(10)15)13(17)8-4-1-2-7-11(8)16/h1-7,13,17H. The second-order valence-corrected chi connectivity index (χ2v) is 4.80. The van der Waals surface area contributed by atoms with Crippen molar-refractivity contribution in [1.82, 2.24) is 0 Å². The monoisotopic (exact) mass is 314 g/mol. The third-order valence-corrected chi connectivity index (χ3v) is 3.79.